The lowest BCUT2D eigenvalue weighted by molar-refractivity contribution is 0.542. The highest BCUT2D eigenvalue weighted by molar-refractivity contribution is 7.90. The Kier molecular flexibility index (Phi) is 3.50. The predicted octanol–water partition coefficient (Wildman–Crippen LogP) is 2.50. The molecule has 6 heteroatoms. The molecule has 1 atom stereocenters. The van der Waals surface area contributed by atoms with Gasteiger partial charge >= 0.3 is 0 Å². The molecule has 114 valence electrons. The van der Waals surface area contributed by atoms with E-state index >= 15 is 0 Å². The molecule has 0 bridgehead atoms. The lowest BCUT2D eigenvalue weighted by atomic mass is 9.93. The Balaban J connectivity index is 2.35. The Morgan fingerprint density at radius 1 is 1.23 bits per heavy atom. The molecule has 3 aromatic rings. The zero-order valence-corrected chi connectivity index (χ0v) is 13.0. The molecule has 1 aromatic carbocycles. The van der Waals surface area contributed by atoms with Crippen LogP contribution in [0.25, 0.3) is 10.9 Å². The molecule has 3 rings (SSSR count). The van der Waals surface area contributed by atoms with Crippen LogP contribution in [-0.2, 0) is 14.8 Å². The maximum Gasteiger partial charge on any atom is 0.224 e. The van der Waals surface area contributed by atoms with Crippen LogP contribution in [0.1, 0.15) is 24.6 Å². The average molecular weight is 315 g/mol. The minimum Gasteiger partial charge on any atom is -0.357 e. The number of rotatable bonds is 4. The molecule has 2 heterocycles. The SMILES string of the molecule is CCC(c1cccnc1)(c1cc2ccccc2[nH]1)S(N)(=O)=O. The first kappa shape index (κ1) is 14.7. The molecule has 3 N–H and O–H groups in total. The first-order valence-corrected chi connectivity index (χ1v) is 8.55. The molecular weight excluding hydrogens is 298 g/mol. The van der Waals surface area contributed by atoms with Gasteiger partial charge < -0.3 is 4.98 Å². The highest BCUT2D eigenvalue weighted by Gasteiger charge is 2.45. The molecule has 0 aliphatic rings. The molecule has 1 unspecified atom stereocenters. The van der Waals surface area contributed by atoms with Crippen molar-refractivity contribution in [3.8, 4) is 0 Å². The van der Waals surface area contributed by atoms with Gasteiger partial charge in [0.15, 0.2) is 4.75 Å². The van der Waals surface area contributed by atoms with Crippen LogP contribution in [0.15, 0.2) is 54.9 Å². The summed E-state index contributed by atoms with van der Waals surface area (Å²) in [7, 11) is -3.90. The van der Waals surface area contributed by atoms with Crippen molar-refractivity contribution >= 4 is 20.9 Å². The topological polar surface area (TPSA) is 88.8 Å². The third-order valence-corrected chi connectivity index (χ3v) is 5.79. The fraction of sp³-hybridized carbons (Fsp3) is 0.188. The molecule has 22 heavy (non-hydrogen) atoms. The van der Waals surface area contributed by atoms with Gasteiger partial charge in [0, 0.05) is 23.6 Å². The number of nitrogens with two attached hydrogens (primary N) is 1. The largest absolute Gasteiger partial charge is 0.357 e. The van der Waals surface area contributed by atoms with Crippen molar-refractivity contribution in [1.82, 2.24) is 9.97 Å². The van der Waals surface area contributed by atoms with Crippen LogP contribution < -0.4 is 5.14 Å². The van der Waals surface area contributed by atoms with E-state index in [2.05, 4.69) is 9.97 Å². The van der Waals surface area contributed by atoms with Crippen LogP contribution >= 0.6 is 0 Å². The summed E-state index contributed by atoms with van der Waals surface area (Å²) in [5.74, 6) is 0. The van der Waals surface area contributed by atoms with Gasteiger partial charge in [0.1, 0.15) is 0 Å². The van der Waals surface area contributed by atoms with Crippen molar-refractivity contribution in [2.75, 3.05) is 0 Å². The minimum absolute atomic E-state index is 0.310. The second kappa shape index (κ2) is 5.23. The molecule has 0 spiro atoms. The molecule has 2 aromatic heterocycles. The average Bonchev–Trinajstić information content (AvgIpc) is 2.92. The summed E-state index contributed by atoms with van der Waals surface area (Å²) >= 11 is 0. The van der Waals surface area contributed by atoms with Gasteiger partial charge in [-0.15, -0.1) is 0 Å². The number of sulfonamides is 1. The summed E-state index contributed by atoms with van der Waals surface area (Å²) in [5, 5.41) is 6.58. The summed E-state index contributed by atoms with van der Waals surface area (Å²) in [4.78, 5) is 7.26. The Labute approximate surface area is 129 Å². The Bertz CT molecular complexity index is 870. The number of pyridine rings is 1. The van der Waals surface area contributed by atoms with Gasteiger partial charge in [-0.25, -0.2) is 13.6 Å². The summed E-state index contributed by atoms with van der Waals surface area (Å²) < 4.78 is 23.7. The molecule has 0 aliphatic carbocycles. The summed E-state index contributed by atoms with van der Waals surface area (Å²) in [6, 6.07) is 13.0. The van der Waals surface area contributed by atoms with Gasteiger partial charge in [-0.1, -0.05) is 31.2 Å². The first-order chi connectivity index (χ1) is 10.5. The Morgan fingerprint density at radius 3 is 2.59 bits per heavy atom. The second-order valence-electron chi connectivity index (χ2n) is 5.24. The Hall–Kier alpha value is -2.18. The third-order valence-electron chi connectivity index (χ3n) is 4.08. The molecule has 0 radical (unpaired) electrons. The monoisotopic (exact) mass is 315 g/mol. The predicted molar refractivity (Wildman–Crippen MR) is 86.7 cm³/mol. The molecule has 0 fully saturated rings. The number of nitrogens with one attached hydrogen (secondary N) is 1. The summed E-state index contributed by atoms with van der Waals surface area (Å²) in [6.45, 7) is 1.81. The first-order valence-electron chi connectivity index (χ1n) is 7.00. The normalized spacial score (nSPS) is 14.8. The van der Waals surface area contributed by atoms with Crippen molar-refractivity contribution in [1.29, 1.82) is 0 Å². The molecule has 0 aliphatic heterocycles. The number of aromatic nitrogens is 2. The van der Waals surface area contributed by atoms with Gasteiger partial charge in [-0.2, -0.15) is 0 Å². The standard InChI is InChI=1S/C16H17N3O2S/c1-2-16(22(17,20)21,13-7-5-9-18-11-13)15-10-12-6-3-4-8-14(12)19-15/h3-11,19H,2H2,1H3,(H2,17,20,21). The van der Waals surface area contributed by atoms with Crippen LogP contribution in [0, 0.1) is 0 Å². The number of hydrogen-bond donors (Lipinski definition) is 2. The van der Waals surface area contributed by atoms with E-state index in [4.69, 9.17) is 5.14 Å². The number of primary sulfonamides is 1. The van der Waals surface area contributed by atoms with Gasteiger partial charge in [-0.05, 0) is 35.6 Å². The summed E-state index contributed by atoms with van der Waals surface area (Å²) in [5.41, 5.74) is 2.00. The van der Waals surface area contributed by atoms with Crippen molar-refractivity contribution < 1.29 is 8.42 Å². The van der Waals surface area contributed by atoms with Gasteiger partial charge in [0.25, 0.3) is 0 Å². The number of aromatic amines is 1. The van der Waals surface area contributed by atoms with E-state index in [1.807, 2.05) is 37.3 Å². The van der Waals surface area contributed by atoms with E-state index < -0.39 is 14.8 Å². The lowest BCUT2D eigenvalue weighted by Crippen LogP contribution is -2.41. The van der Waals surface area contributed by atoms with Gasteiger partial charge in [0.2, 0.25) is 10.0 Å². The van der Waals surface area contributed by atoms with Crippen molar-refractivity contribution in [3.05, 3.63) is 66.1 Å². The zero-order chi connectivity index (χ0) is 15.8. The smallest absolute Gasteiger partial charge is 0.224 e. The fourth-order valence-electron chi connectivity index (χ4n) is 2.96. The molecule has 0 saturated heterocycles. The number of nitrogens with zero attached hydrogens (tertiary/aromatic N) is 1. The number of para-hydroxylation sites is 1. The quantitative estimate of drug-likeness (QED) is 0.775. The van der Waals surface area contributed by atoms with Gasteiger partial charge in [0.05, 0.1) is 0 Å². The molecule has 0 amide bonds. The van der Waals surface area contributed by atoms with E-state index in [-0.39, 0.29) is 0 Å². The minimum atomic E-state index is -3.90. The van der Waals surface area contributed by atoms with E-state index in [0.29, 0.717) is 17.7 Å². The third kappa shape index (κ3) is 2.12. The fourth-order valence-corrected chi connectivity index (χ4v) is 4.23. The molecular formula is C16H17N3O2S. The highest BCUT2D eigenvalue weighted by Crippen LogP contribution is 2.39. The maximum atomic E-state index is 12.5. The van der Waals surface area contributed by atoms with Crippen LogP contribution in [-0.4, -0.2) is 18.4 Å². The highest BCUT2D eigenvalue weighted by atomic mass is 32.2. The number of fused-ring (bicyclic) bond motifs is 1. The van der Waals surface area contributed by atoms with Crippen molar-refractivity contribution in [2.24, 2.45) is 5.14 Å². The van der Waals surface area contributed by atoms with Crippen LogP contribution in [0.2, 0.25) is 0 Å². The van der Waals surface area contributed by atoms with Crippen molar-refractivity contribution in [2.45, 2.75) is 18.1 Å². The summed E-state index contributed by atoms with van der Waals surface area (Å²) in [6.07, 6.45) is 3.47. The van der Waals surface area contributed by atoms with E-state index in [1.165, 1.54) is 0 Å². The Morgan fingerprint density at radius 2 is 2.00 bits per heavy atom. The van der Waals surface area contributed by atoms with Crippen LogP contribution in [0.3, 0.4) is 0 Å². The van der Waals surface area contributed by atoms with Crippen LogP contribution in [0.4, 0.5) is 0 Å². The molecule has 5 nitrogen and oxygen atoms in total. The van der Waals surface area contributed by atoms with E-state index in [1.54, 1.807) is 24.5 Å². The van der Waals surface area contributed by atoms with E-state index in [0.717, 1.165) is 10.9 Å². The molecule has 0 saturated carbocycles. The van der Waals surface area contributed by atoms with Gasteiger partial charge in [-0.3, -0.25) is 4.98 Å². The van der Waals surface area contributed by atoms with Crippen molar-refractivity contribution in [3.63, 3.8) is 0 Å². The maximum absolute atomic E-state index is 12.5. The lowest BCUT2D eigenvalue weighted by Gasteiger charge is -2.29. The number of hydrogen-bond acceptors (Lipinski definition) is 3. The van der Waals surface area contributed by atoms with Crippen LogP contribution in [0.5, 0.6) is 0 Å². The zero-order valence-electron chi connectivity index (χ0n) is 12.2. The number of benzene rings is 1. The second-order valence-corrected chi connectivity index (χ2v) is 7.02. The van der Waals surface area contributed by atoms with E-state index in [9.17, 15) is 8.42 Å². The number of H-pyrrole nitrogens is 1.